The van der Waals surface area contributed by atoms with E-state index in [1.54, 1.807) is 0 Å². The van der Waals surface area contributed by atoms with Crippen molar-refractivity contribution < 1.29 is 13.5 Å². The van der Waals surface area contributed by atoms with Crippen LogP contribution in [0.15, 0.2) is 30.3 Å². The zero-order valence-electron chi connectivity index (χ0n) is 14.9. The molecule has 1 aliphatic rings. The second kappa shape index (κ2) is 6.72. The summed E-state index contributed by atoms with van der Waals surface area (Å²) >= 11 is 0. The summed E-state index contributed by atoms with van der Waals surface area (Å²) < 4.78 is 33.3. The van der Waals surface area contributed by atoms with E-state index in [4.69, 9.17) is 14.7 Å². The van der Waals surface area contributed by atoms with Gasteiger partial charge in [0.25, 0.3) is 0 Å². The van der Waals surface area contributed by atoms with Crippen LogP contribution in [0.1, 0.15) is 35.7 Å². The van der Waals surface area contributed by atoms with Gasteiger partial charge in [0.15, 0.2) is 0 Å². The van der Waals surface area contributed by atoms with E-state index in [9.17, 15) is 8.78 Å². The van der Waals surface area contributed by atoms with Crippen molar-refractivity contribution in [1.82, 2.24) is 9.97 Å². The van der Waals surface area contributed by atoms with Crippen LogP contribution < -0.4 is 0 Å². The molecular formula is C21H20F2N2O. The van der Waals surface area contributed by atoms with Gasteiger partial charge in [0.2, 0.25) is 0 Å². The Kier molecular flexibility index (Phi) is 4.41. The van der Waals surface area contributed by atoms with Crippen LogP contribution in [-0.4, -0.2) is 23.2 Å². The van der Waals surface area contributed by atoms with Gasteiger partial charge in [-0.25, -0.2) is 8.78 Å². The third-order valence-corrected chi connectivity index (χ3v) is 5.10. The number of aryl methyl sites for hydroxylation is 2. The lowest BCUT2D eigenvalue weighted by molar-refractivity contribution is 0.0845. The molecule has 0 bridgehead atoms. The summed E-state index contributed by atoms with van der Waals surface area (Å²) in [5, 5.41) is 0.786. The number of nitrogens with zero attached hydrogens (tertiary/aromatic N) is 2. The highest BCUT2D eigenvalue weighted by Crippen LogP contribution is 2.34. The van der Waals surface area contributed by atoms with Crippen molar-refractivity contribution >= 4 is 10.9 Å². The summed E-state index contributed by atoms with van der Waals surface area (Å²) in [6.07, 6.45) is 1.77. The van der Waals surface area contributed by atoms with Crippen molar-refractivity contribution in [3.05, 3.63) is 58.9 Å². The molecule has 5 heteroatoms. The van der Waals surface area contributed by atoms with Crippen molar-refractivity contribution in [2.24, 2.45) is 0 Å². The first-order chi connectivity index (χ1) is 12.5. The molecule has 0 atom stereocenters. The SMILES string of the molecule is Cc1cc2c(-c3ccc(F)cc3F)nc(C3CCOCC3)cc2nc1C. The van der Waals surface area contributed by atoms with Gasteiger partial charge >= 0.3 is 0 Å². The molecule has 4 rings (SSSR count). The minimum atomic E-state index is -0.610. The summed E-state index contributed by atoms with van der Waals surface area (Å²) in [6.45, 7) is 5.33. The highest BCUT2D eigenvalue weighted by atomic mass is 19.1. The van der Waals surface area contributed by atoms with E-state index in [2.05, 4.69) is 0 Å². The van der Waals surface area contributed by atoms with Gasteiger partial charge in [-0.1, -0.05) is 0 Å². The summed E-state index contributed by atoms with van der Waals surface area (Å²) in [7, 11) is 0. The summed E-state index contributed by atoms with van der Waals surface area (Å²) in [5.41, 5.74) is 4.47. The van der Waals surface area contributed by atoms with Crippen LogP contribution >= 0.6 is 0 Å². The van der Waals surface area contributed by atoms with E-state index in [0.29, 0.717) is 24.5 Å². The van der Waals surface area contributed by atoms with E-state index in [0.717, 1.165) is 46.8 Å². The van der Waals surface area contributed by atoms with Crippen LogP contribution in [0.2, 0.25) is 0 Å². The number of pyridine rings is 2. The average molecular weight is 354 g/mol. The molecule has 0 N–H and O–H groups in total. The number of ether oxygens (including phenoxy) is 1. The number of benzene rings is 1. The topological polar surface area (TPSA) is 35.0 Å². The zero-order chi connectivity index (χ0) is 18.3. The Morgan fingerprint density at radius 2 is 1.77 bits per heavy atom. The molecule has 0 aliphatic carbocycles. The smallest absolute Gasteiger partial charge is 0.135 e. The fourth-order valence-electron chi connectivity index (χ4n) is 3.47. The van der Waals surface area contributed by atoms with Gasteiger partial charge in [-0.15, -0.1) is 0 Å². The van der Waals surface area contributed by atoms with Gasteiger partial charge in [-0.05, 0) is 56.5 Å². The monoisotopic (exact) mass is 354 g/mol. The first kappa shape index (κ1) is 17.0. The Morgan fingerprint density at radius 3 is 2.50 bits per heavy atom. The van der Waals surface area contributed by atoms with E-state index in [1.807, 2.05) is 26.0 Å². The van der Waals surface area contributed by atoms with Gasteiger partial charge in [0.05, 0.1) is 11.2 Å². The molecule has 134 valence electrons. The molecule has 26 heavy (non-hydrogen) atoms. The molecule has 1 saturated heterocycles. The van der Waals surface area contributed by atoms with E-state index < -0.39 is 11.6 Å². The highest BCUT2D eigenvalue weighted by Gasteiger charge is 2.21. The number of aromatic nitrogens is 2. The maximum Gasteiger partial charge on any atom is 0.135 e. The molecule has 3 aromatic rings. The quantitative estimate of drug-likeness (QED) is 0.643. The number of hydrogen-bond donors (Lipinski definition) is 0. The van der Waals surface area contributed by atoms with Crippen LogP contribution in [0.5, 0.6) is 0 Å². The molecule has 2 aromatic heterocycles. The van der Waals surface area contributed by atoms with Gasteiger partial charge in [-0.2, -0.15) is 0 Å². The van der Waals surface area contributed by atoms with E-state index in [-0.39, 0.29) is 5.92 Å². The first-order valence-electron chi connectivity index (χ1n) is 8.85. The lowest BCUT2D eigenvalue weighted by Crippen LogP contribution is -2.15. The van der Waals surface area contributed by atoms with Crippen molar-refractivity contribution in [2.45, 2.75) is 32.6 Å². The largest absolute Gasteiger partial charge is 0.381 e. The minimum absolute atomic E-state index is 0.263. The maximum absolute atomic E-state index is 14.5. The standard InChI is InChI=1S/C21H20F2N2O/c1-12-9-17-20(24-13(12)2)11-19(14-5-7-26-8-6-14)25-21(17)16-4-3-15(22)10-18(16)23/h3-4,9-11,14H,5-8H2,1-2H3. The molecule has 3 heterocycles. The molecule has 3 nitrogen and oxygen atoms in total. The van der Waals surface area contributed by atoms with Crippen molar-refractivity contribution in [1.29, 1.82) is 0 Å². The predicted octanol–water partition coefficient (Wildman–Crippen LogP) is 5.09. The summed E-state index contributed by atoms with van der Waals surface area (Å²) in [5.74, 6) is -0.943. The Hall–Kier alpha value is -2.40. The Balaban J connectivity index is 1.97. The highest BCUT2D eigenvalue weighted by molar-refractivity contribution is 5.93. The third-order valence-electron chi connectivity index (χ3n) is 5.10. The number of halogens is 2. The van der Waals surface area contributed by atoms with Crippen LogP contribution in [-0.2, 0) is 4.74 Å². The van der Waals surface area contributed by atoms with Crippen LogP contribution in [0.3, 0.4) is 0 Å². The molecule has 1 fully saturated rings. The molecule has 0 spiro atoms. The van der Waals surface area contributed by atoms with Crippen LogP contribution in [0.25, 0.3) is 22.2 Å². The van der Waals surface area contributed by atoms with Gasteiger partial charge in [-0.3, -0.25) is 9.97 Å². The predicted molar refractivity (Wildman–Crippen MR) is 97.2 cm³/mol. The number of hydrogen-bond acceptors (Lipinski definition) is 3. The second-order valence-electron chi connectivity index (χ2n) is 6.86. The molecule has 0 radical (unpaired) electrons. The van der Waals surface area contributed by atoms with Crippen LogP contribution in [0, 0.1) is 25.5 Å². The zero-order valence-corrected chi connectivity index (χ0v) is 14.9. The van der Waals surface area contributed by atoms with Crippen LogP contribution in [0.4, 0.5) is 8.78 Å². The minimum Gasteiger partial charge on any atom is -0.381 e. The third kappa shape index (κ3) is 3.07. The van der Waals surface area contributed by atoms with Crippen molar-refractivity contribution in [3.63, 3.8) is 0 Å². The first-order valence-corrected chi connectivity index (χ1v) is 8.85. The lowest BCUT2D eigenvalue weighted by Gasteiger charge is -2.23. The normalized spacial score (nSPS) is 15.5. The summed E-state index contributed by atoms with van der Waals surface area (Å²) in [4.78, 5) is 9.49. The second-order valence-corrected chi connectivity index (χ2v) is 6.86. The Morgan fingerprint density at radius 1 is 1.00 bits per heavy atom. The fraction of sp³-hybridized carbons (Fsp3) is 0.333. The van der Waals surface area contributed by atoms with Crippen molar-refractivity contribution in [2.75, 3.05) is 13.2 Å². The van der Waals surface area contributed by atoms with Gasteiger partial charge < -0.3 is 4.74 Å². The number of fused-ring (bicyclic) bond motifs is 1. The molecule has 0 unspecified atom stereocenters. The van der Waals surface area contributed by atoms with Crippen molar-refractivity contribution in [3.8, 4) is 11.3 Å². The fourth-order valence-corrected chi connectivity index (χ4v) is 3.47. The summed E-state index contributed by atoms with van der Waals surface area (Å²) in [6, 6.07) is 7.61. The van der Waals surface area contributed by atoms with Gasteiger partial charge in [0, 0.05) is 47.5 Å². The Labute approximate surface area is 151 Å². The molecule has 1 aromatic carbocycles. The lowest BCUT2D eigenvalue weighted by atomic mass is 9.94. The Bertz CT molecular complexity index is 981. The maximum atomic E-state index is 14.5. The number of rotatable bonds is 2. The molecule has 0 saturated carbocycles. The molecule has 1 aliphatic heterocycles. The molecular weight excluding hydrogens is 334 g/mol. The van der Waals surface area contributed by atoms with Gasteiger partial charge in [0.1, 0.15) is 11.6 Å². The molecule has 0 amide bonds. The van der Waals surface area contributed by atoms with E-state index >= 15 is 0 Å². The van der Waals surface area contributed by atoms with E-state index in [1.165, 1.54) is 12.1 Å². The average Bonchev–Trinajstić information content (AvgIpc) is 2.63.